The third kappa shape index (κ3) is 5.25. The number of halogens is 3. The molecule has 26 heavy (non-hydrogen) atoms. The summed E-state index contributed by atoms with van der Waals surface area (Å²) < 4.78 is 61.9. The third-order valence-corrected chi connectivity index (χ3v) is 6.45. The van der Waals surface area contributed by atoms with Crippen molar-refractivity contribution in [1.29, 1.82) is 0 Å². The SMILES string of the molecule is CC1(C)[C@@H](C(F)(F)F)CCN1C(=O)NC1CCN(CCS(C)(=O)=O)CC1. The number of nitrogens with one attached hydrogen (secondary N) is 1. The van der Waals surface area contributed by atoms with Crippen molar-refractivity contribution in [2.75, 3.05) is 38.2 Å². The number of alkyl halides is 3. The number of urea groups is 1. The Kier molecular flexibility index (Phi) is 6.16. The summed E-state index contributed by atoms with van der Waals surface area (Å²) in [5.74, 6) is -1.41. The zero-order valence-electron chi connectivity index (χ0n) is 15.5. The second-order valence-corrected chi connectivity index (χ2v) is 10.1. The van der Waals surface area contributed by atoms with Gasteiger partial charge in [-0.2, -0.15) is 13.2 Å². The number of carbonyl (C=O) groups is 1. The quantitative estimate of drug-likeness (QED) is 0.784. The van der Waals surface area contributed by atoms with Gasteiger partial charge >= 0.3 is 12.2 Å². The van der Waals surface area contributed by atoms with Gasteiger partial charge < -0.3 is 15.1 Å². The van der Waals surface area contributed by atoms with E-state index in [0.717, 1.165) is 0 Å². The van der Waals surface area contributed by atoms with Gasteiger partial charge in [0.05, 0.1) is 17.2 Å². The summed E-state index contributed by atoms with van der Waals surface area (Å²) >= 11 is 0. The highest BCUT2D eigenvalue weighted by molar-refractivity contribution is 7.90. The number of nitrogens with zero attached hydrogens (tertiary/aromatic N) is 2. The first-order valence-electron chi connectivity index (χ1n) is 8.85. The number of sulfone groups is 1. The number of likely N-dealkylation sites (tertiary alicyclic amines) is 2. The van der Waals surface area contributed by atoms with Crippen molar-refractivity contribution in [1.82, 2.24) is 15.1 Å². The molecule has 0 bridgehead atoms. The molecule has 2 aliphatic heterocycles. The van der Waals surface area contributed by atoms with Crippen LogP contribution in [0.15, 0.2) is 0 Å². The monoisotopic (exact) mass is 399 g/mol. The van der Waals surface area contributed by atoms with Crippen LogP contribution in [0.1, 0.15) is 33.1 Å². The topological polar surface area (TPSA) is 69.7 Å². The average Bonchev–Trinajstić information content (AvgIpc) is 2.81. The normalized spacial score (nSPS) is 25.5. The number of piperidine rings is 1. The fourth-order valence-corrected chi connectivity index (χ4v) is 4.45. The Balaban J connectivity index is 1.84. The molecule has 0 aromatic rings. The Bertz CT molecular complexity index is 614. The predicted octanol–water partition coefficient (Wildman–Crippen LogP) is 1.87. The van der Waals surface area contributed by atoms with Gasteiger partial charge in [-0.3, -0.25) is 0 Å². The summed E-state index contributed by atoms with van der Waals surface area (Å²) in [5, 5.41) is 2.86. The van der Waals surface area contributed by atoms with Crippen molar-refractivity contribution in [3.05, 3.63) is 0 Å². The van der Waals surface area contributed by atoms with E-state index in [9.17, 15) is 26.4 Å². The Morgan fingerprint density at radius 1 is 1.15 bits per heavy atom. The summed E-state index contributed by atoms with van der Waals surface area (Å²) in [4.78, 5) is 15.8. The van der Waals surface area contributed by atoms with Crippen molar-refractivity contribution < 1.29 is 26.4 Å². The summed E-state index contributed by atoms with van der Waals surface area (Å²) in [6.07, 6.45) is -1.87. The highest BCUT2D eigenvalue weighted by Crippen LogP contribution is 2.44. The number of hydrogen-bond acceptors (Lipinski definition) is 4. The van der Waals surface area contributed by atoms with E-state index < -0.39 is 33.5 Å². The molecule has 2 amide bonds. The fraction of sp³-hybridized carbons (Fsp3) is 0.938. The molecule has 2 aliphatic rings. The molecule has 0 aliphatic carbocycles. The molecule has 2 saturated heterocycles. The zero-order valence-corrected chi connectivity index (χ0v) is 16.3. The minimum atomic E-state index is -4.32. The smallest absolute Gasteiger partial charge is 0.335 e. The Hall–Kier alpha value is -1.03. The van der Waals surface area contributed by atoms with E-state index in [1.807, 2.05) is 4.90 Å². The van der Waals surface area contributed by atoms with Crippen molar-refractivity contribution >= 4 is 15.9 Å². The maximum atomic E-state index is 13.1. The van der Waals surface area contributed by atoms with Crippen molar-refractivity contribution in [3.63, 3.8) is 0 Å². The number of carbonyl (C=O) groups excluding carboxylic acids is 1. The lowest BCUT2D eigenvalue weighted by atomic mass is 9.88. The maximum Gasteiger partial charge on any atom is 0.394 e. The van der Waals surface area contributed by atoms with Gasteiger partial charge in [-0.05, 0) is 33.1 Å². The Labute approximate surface area is 153 Å². The number of rotatable bonds is 4. The van der Waals surface area contributed by atoms with Gasteiger partial charge in [0, 0.05) is 38.5 Å². The second kappa shape index (κ2) is 7.53. The van der Waals surface area contributed by atoms with E-state index in [1.165, 1.54) is 25.0 Å². The summed E-state index contributed by atoms with van der Waals surface area (Å²) in [5.41, 5.74) is -1.27. The summed E-state index contributed by atoms with van der Waals surface area (Å²) in [6.45, 7) is 4.81. The van der Waals surface area contributed by atoms with E-state index in [-0.39, 0.29) is 24.8 Å². The number of amides is 2. The molecular weight excluding hydrogens is 371 g/mol. The largest absolute Gasteiger partial charge is 0.394 e. The molecule has 10 heteroatoms. The lowest BCUT2D eigenvalue weighted by molar-refractivity contribution is -0.189. The average molecular weight is 399 g/mol. The molecule has 0 spiro atoms. The molecule has 2 fully saturated rings. The summed E-state index contributed by atoms with van der Waals surface area (Å²) in [6, 6.07) is -0.547. The lowest BCUT2D eigenvalue weighted by Crippen LogP contribution is -2.55. The van der Waals surface area contributed by atoms with E-state index in [4.69, 9.17) is 0 Å². The molecule has 0 unspecified atom stereocenters. The van der Waals surface area contributed by atoms with Gasteiger partial charge in [0.1, 0.15) is 9.84 Å². The van der Waals surface area contributed by atoms with Crippen LogP contribution in [0, 0.1) is 5.92 Å². The van der Waals surface area contributed by atoms with Gasteiger partial charge in [0.15, 0.2) is 0 Å². The van der Waals surface area contributed by atoms with Crippen LogP contribution in [0.25, 0.3) is 0 Å². The molecule has 1 atom stereocenters. The molecule has 2 heterocycles. The van der Waals surface area contributed by atoms with Crippen LogP contribution >= 0.6 is 0 Å². The first-order valence-corrected chi connectivity index (χ1v) is 10.9. The molecular formula is C16H28F3N3O3S. The summed E-state index contributed by atoms with van der Waals surface area (Å²) in [7, 11) is -3.01. The predicted molar refractivity (Wildman–Crippen MR) is 92.7 cm³/mol. The van der Waals surface area contributed by atoms with Crippen LogP contribution in [0.4, 0.5) is 18.0 Å². The Morgan fingerprint density at radius 3 is 2.19 bits per heavy atom. The van der Waals surface area contributed by atoms with Gasteiger partial charge in [-0.25, -0.2) is 13.2 Å². The van der Waals surface area contributed by atoms with E-state index in [0.29, 0.717) is 32.5 Å². The molecule has 0 saturated carbocycles. The van der Waals surface area contributed by atoms with Crippen molar-refractivity contribution in [3.8, 4) is 0 Å². The second-order valence-electron chi connectivity index (χ2n) is 7.88. The molecule has 2 rings (SSSR count). The standard InChI is InChI=1S/C16H28F3N3O3S/c1-15(2)13(16(17,18)19)6-9-22(15)14(23)20-12-4-7-21(8-5-12)10-11-26(3,24)25/h12-13H,4-11H2,1-3H3,(H,20,23)/t13-/m0/s1. The van der Waals surface area contributed by atoms with E-state index >= 15 is 0 Å². The van der Waals surface area contributed by atoms with Crippen molar-refractivity contribution in [2.24, 2.45) is 5.92 Å². The first kappa shape index (κ1) is 21.3. The molecule has 1 N–H and O–H groups in total. The molecule has 0 aromatic heterocycles. The molecule has 0 aromatic carbocycles. The van der Waals surface area contributed by atoms with Gasteiger partial charge in [-0.15, -0.1) is 0 Å². The highest BCUT2D eigenvalue weighted by atomic mass is 32.2. The van der Waals surface area contributed by atoms with Gasteiger partial charge in [0.25, 0.3) is 0 Å². The van der Waals surface area contributed by atoms with Crippen LogP contribution in [-0.2, 0) is 9.84 Å². The van der Waals surface area contributed by atoms with Crippen molar-refractivity contribution in [2.45, 2.75) is 50.9 Å². The zero-order chi connectivity index (χ0) is 19.8. The first-order chi connectivity index (χ1) is 11.8. The van der Waals surface area contributed by atoms with Crippen LogP contribution < -0.4 is 5.32 Å². The van der Waals surface area contributed by atoms with E-state index in [1.54, 1.807) is 0 Å². The molecule has 6 nitrogen and oxygen atoms in total. The maximum absolute atomic E-state index is 13.1. The van der Waals surface area contributed by atoms with Crippen LogP contribution in [0.2, 0.25) is 0 Å². The molecule has 0 radical (unpaired) electrons. The third-order valence-electron chi connectivity index (χ3n) is 5.52. The molecule has 152 valence electrons. The number of hydrogen-bond donors (Lipinski definition) is 1. The van der Waals surface area contributed by atoms with Gasteiger partial charge in [-0.1, -0.05) is 0 Å². The van der Waals surface area contributed by atoms with E-state index in [2.05, 4.69) is 5.32 Å². The van der Waals surface area contributed by atoms with Crippen LogP contribution in [-0.4, -0.2) is 80.2 Å². The minimum absolute atomic E-state index is 0.0755. The Morgan fingerprint density at radius 2 is 1.73 bits per heavy atom. The van der Waals surface area contributed by atoms with Gasteiger partial charge in [0.2, 0.25) is 0 Å². The highest BCUT2D eigenvalue weighted by Gasteiger charge is 2.56. The minimum Gasteiger partial charge on any atom is -0.335 e. The van der Waals surface area contributed by atoms with Crippen LogP contribution in [0.5, 0.6) is 0 Å². The lowest BCUT2D eigenvalue weighted by Gasteiger charge is -2.38. The fourth-order valence-electron chi connectivity index (χ4n) is 3.86. The van der Waals surface area contributed by atoms with Crippen LogP contribution in [0.3, 0.4) is 0 Å².